The van der Waals surface area contributed by atoms with Gasteiger partial charge >= 0.3 is 5.97 Å². The molecule has 7 nitrogen and oxygen atoms in total. The van der Waals surface area contributed by atoms with Crippen molar-refractivity contribution in [2.24, 2.45) is 7.05 Å². The van der Waals surface area contributed by atoms with Gasteiger partial charge in [0.25, 0.3) is 5.91 Å². The number of amides is 1. The minimum atomic E-state index is -1.04. The fourth-order valence-electron chi connectivity index (χ4n) is 1.92. The van der Waals surface area contributed by atoms with Crippen LogP contribution in [0.5, 0.6) is 5.75 Å². The van der Waals surface area contributed by atoms with Crippen molar-refractivity contribution >= 4 is 17.6 Å². The van der Waals surface area contributed by atoms with E-state index in [1.165, 1.54) is 6.20 Å². The number of carboxylic acids is 1. The molecule has 0 saturated heterocycles. The number of anilines is 1. The predicted molar refractivity (Wildman–Crippen MR) is 80.2 cm³/mol. The van der Waals surface area contributed by atoms with E-state index in [-0.39, 0.29) is 5.91 Å². The first kappa shape index (κ1) is 15.6. The molecule has 7 heteroatoms. The lowest BCUT2D eigenvalue weighted by Gasteiger charge is -2.10. The van der Waals surface area contributed by atoms with Crippen molar-refractivity contribution in [1.29, 1.82) is 0 Å². The highest BCUT2D eigenvalue weighted by molar-refractivity contribution is 6.05. The van der Waals surface area contributed by atoms with Gasteiger partial charge in [-0.05, 0) is 37.6 Å². The highest BCUT2D eigenvalue weighted by Crippen LogP contribution is 2.22. The van der Waals surface area contributed by atoms with Crippen molar-refractivity contribution in [2.75, 3.05) is 11.9 Å². The Hall–Kier alpha value is -2.83. The second-order valence-electron chi connectivity index (χ2n) is 4.88. The molecule has 2 aromatic rings. The number of hydrogen-bond donors (Lipinski definition) is 2. The summed E-state index contributed by atoms with van der Waals surface area (Å²) in [5.41, 5.74) is 2.69. The number of ether oxygens (including phenoxy) is 1. The van der Waals surface area contributed by atoms with E-state index >= 15 is 0 Å². The summed E-state index contributed by atoms with van der Waals surface area (Å²) < 4.78 is 6.72. The minimum absolute atomic E-state index is 0.243. The Kier molecular flexibility index (Phi) is 4.45. The molecule has 0 aliphatic heterocycles. The predicted octanol–water partition coefficient (Wildman–Crippen LogP) is 1.75. The van der Waals surface area contributed by atoms with Gasteiger partial charge in [-0.3, -0.25) is 9.48 Å². The zero-order valence-electron chi connectivity index (χ0n) is 12.6. The summed E-state index contributed by atoms with van der Waals surface area (Å²) in [7, 11) is 1.77. The van der Waals surface area contributed by atoms with Crippen molar-refractivity contribution in [1.82, 2.24) is 9.78 Å². The molecule has 1 aromatic carbocycles. The van der Waals surface area contributed by atoms with E-state index in [2.05, 4.69) is 10.4 Å². The number of aliphatic carboxylic acids is 1. The van der Waals surface area contributed by atoms with Crippen LogP contribution in [0.25, 0.3) is 0 Å². The normalized spacial score (nSPS) is 10.3. The maximum absolute atomic E-state index is 12.2. The van der Waals surface area contributed by atoms with Crippen molar-refractivity contribution < 1.29 is 19.4 Å². The van der Waals surface area contributed by atoms with E-state index < -0.39 is 12.6 Å². The van der Waals surface area contributed by atoms with E-state index in [1.807, 2.05) is 6.92 Å². The molecule has 0 bridgehead atoms. The minimum Gasteiger partial charge on any atom is -0.482 e. The van der Waals surface area contributed by atoms with Gasteiger partial charge in [-0.1, -0.05) is 0 Å². The number of rotatable bonds is 5. The molecule has 0 unspecified atom stereocenters. The Bertz CT molecular complexity index is 722. The van der Waals surface area contributed by atoms with Crippen LogP contribution in [0.3, 0.4) is 0 Å². The van der Waals surface area contributed by atoms with Crippen LogP contribution in [0, 0.1) is 13.8 Å². The van der Waals surface area contributed by atoms with Gasteiger partial charge in [0.2, 0.25) is 0 Å². The molecule has 0 spiro atoms. The number of carboxylic acid groups (broad SMARTS) is 1. The largest absolute Gasteiger partial charge is 0.482 e. The first-order chi connectivity index (χ1) is 10.4. The van der Waals surface area contributed by atoms with Crippen molar-refractivity contribution in [2.45, 2.75) is 13.8 Å². The van der Waals surface area contributed by atoms with Gasteiger partial charge in [0.15, 0.2) is 6.61 Å². The van der Waals surface area contributed by atoms with Gasteiger partial charge in [0.1, 0.15) is 5.75 Å². The van der Waals surface area contributed by atoms with Crippen LogP contribution < -0.4 is 10.1 Å². The van der Waals surface area contributed by atoms with E-state index in [0.29, 0.717) is 17.0 Å². The molecule has 0 aliphatic carbocycles. The first-order valence-electron chi connectivity index (χ1n) is 6.63. The number of carbonyl (C=O) groups excluding carboxylic acids is 1. The third kappa shape index (κ3) is 3.43. The highest BCUT2D eigenvalue weighted by Gasteiger charge is 2.14. The quantitative estimate of drug-likeness (QED) is 0.877. The van der Waals surface area contributed by atoms with Crippen LogP contribution in [0.15, 0.2) is 24.4 Å². The van der Waals surface area contributed by atoms with Crippen LogP contribution in [0.2, 0.25) is 0 Å². The summed E-state index contributed by atoms with van der Waals surface area (Å²) in [6.07, 6.45) is 1.52. The van der Waals surface area contributed by atoms with Gasteiger partial charge in [0.05, 0.1) is 11.8 Å². The molecular weight excluding hydrogens is 286 g/mol. The number of nitrogens with zero attached hydrogens (tertiary/aromatic N) is 2. The zero-order chi connectivity index (χ0) is 16.3. The molecule has 0 radical (unpaired) electrons. The average molecular weight is 303 g/mol. The summed E-state index contributed by atoms with van der Waals surface area (Å²) in [6, 6.07) is 4.96. The number of hydrogen-bond acceptors (Lipinski definition) is 4. The molecule has 116 valence electrons. The maximum Gasteiger partial charge on any atom is 0.341 e. The van der Waals surface area contributed by atoms with Gasteiger partial charge in [0, 0.05) is 18.4 Å². The molecule has 0 saturated carbocycles. The third-order valence-electron chi connectivity index (χ3n) is 3.29. The van der Waals surface area contributed by atoms with Crippen molar-refractivity contribution in [3.8, 4) is 5.75 Å². The first-order valence-corrected chi connectivity index (χ1v) is 6.63. The summed E-state index contributed by atoms with van der Waals surface area (Å²) in [5, 5.41) is 15.4. The summed E-state index contributed by atoms with van der Waals surface area (Å²) in [6.45, 7) is 3.22. The van der Waals surface area contributed by atoms with Crippen LogP contribution >= 0.6 is 0 Å². The molecule has 2 N–H and O–H groups in total. The molecular formula is C15H17N3O4. The van der Waals surface area contributed by atoms with Crippen LogP contribution in [-0.2, 0) is 11.8 Å². The molecule has 1 aromatic heterocycles. The van der Waals surface area contributed by atoms with E-state index in [1.54, 1.807) is 36.9 Å². The van der Waals surface area contributed by atoms with Crippen LogP contribution in [-0.4, -0.2) is 33.4 Å². The fraction of sp³-hybridized carbons (Fsp3) is 0.267. The third-order valence-corrected chi connectivity index (χ3v) is 3.29. The summed E-state index contributed by atoms with van der Waals surface area (Å²) in [5.74, 6) is -0.842. The Balaban J connectivity index is 2.11. The van der Waals surface area contributed by atoms with Gasteiger partial charge in [-0.15, -0.1) is 0 Å². The SMILES string of the molecule is Cc1cc(OCC(=O)O)ccc1NC(=O)c1cnn(C)c1C. The molecule has 1 amide bonds. The maximum atomic E-state index is 12.2. The van der Waals surface area contributed by atoms with Crippen molar-refractivity contribution in [3.05, 3.63) is 41.2 Å². The molecule has 22 heavy (non-hydrogen) atoms. The molecule has 0 atom stereocenters. The fourth-order valence-corrected chi connectivity index (χ4v) is 1.92. The standard InChI is InChI=1S/C15H17N3O4/c1-9-6-11(22-8-14(19)20)4-5-13(9)17-15(21)12-7-16-18(3)10(12)2/h4-7H,8H2,1-3H3,(H,17,21)(H,19,20). The number of benzene rings is 1. The van der Waals surface area contributed by atoms with Gasteiger partial charge in [-0.25, -0.2) is 4.79 Å². The van der Waals surface area contributed by atoms with Crippen molar-refractivity contribution in [3.63, 3.8) is 0 Å². The van der Waals surface area contributed by atoms with Gasteiger partial charge < -0.3 is 15.2 Å². The van der Waals surface area contributed by atoms with E-state index in [9.17, 15) is 9.59 Å². The molecule has 2 rings (SSSR count). The number of aromatic nitrogens is 2. The Morgan fingerprint density at radius 2 is 2.09 bits per heavy atom. The zero-order valence-corrected chi connectivity index (χ0v) is 12.6. The second-order valence-corrected chi connectivity index (χ2v) is 4.88. The monoisotopic (exact) mass is 303 g/mol. The highest BCUT2D eigenvalue weighted by atomic mass is 16.5. The second kappa shape index (κ2) is 6.30. The van der Waals surface area contributed by atoms with E-state index in [4.69, 9.17) is 9.84 Å². The Morgan fingerprint density at radius 1 is 1.36 bits per heavy atom. The lowest BCUT2D eigenvalue weighted by Crippen LogP contribution is -2.14. The van der Waals surface area contributed by atoms with Gasteiger partial charge in [-0.2, -0.15) is 5.10 Å². The Morgan fingerprint density at radius 3 is 2.64 bits per heavy atom. The Labute approximate surface area is 127 Å². The lowest BCUT2D eigenvalue weighted by molar-refractivity contribution is -0.139. The number of aryl methyl sites for hydroxylation is 2. The smallest absolute Gasteiger partial charge is 0.341 e. The molecule has 1 heterocycles. The van der Waals surface area contributed by atoms with Crippen LogP contribution in [0.1, 0.15) is 21.6 Å². The summed E-state index contributed by atoms with van der Waals surface area (Å²) >= 11 is 0. The number of carbonyl (C=O) groups is 2. The summed E-state index contributed by atoms with van der Waals surface area (Å²) in [4.78, 5) is 22.7. The lowest BCUT2D eigenvalue weighted by atomic mass is 10.1. The molecule has 0 fully saturated rings. The van der Waals surface area contributed by atoms with E-state index in [0.717, 1.165) is 11.3 Å². The molecule has 0 aliphatic rings. The number of nitrogens with one attached hydrogen (secondary N) is 1. The topological polar surface area (TPSA) is 93.4 Å². The van der Waals surface area contributed by atoms with Crippen LogP contribution in [0.4, 0.5) is 5.69 Å². The average Bonchev–Trinajstić information content (AvgIpc) is 2.79.